The minimum atomic E-state index is -2.89. The molecule has 0 atom stereocenters. The lowest BCUT2D eigenvalue weighted by atomic mass is 10.7. The van der Waals surface area contributed by atoms with Gasteiger partial charge in [-0.15, -0.1) is 0 Å². The van der Waals surface area contributed by atoms with Crippen LogP contribution in [0.1, 0.15) is 0 Å². The fourth-order valence-corrected chi connectivity index (χ4v) is 1.81. The van der Waals surface area contributed by atoms with Crippen molar-refractivity contribution in [3.63, 3.8) is 0 Å². The Bertz CT molecular complexity index is 187. The third-order valence-electron chi connectivity index (χ3n) is 1.28. The molecule has 4 nitrogen and oxygen atoms in total. The number of nitrogens with two attached hydrogens (primary N) is 1. The zero-order chi connectivity index (χ0) is 8.91. The van der Waals surface area contributed by atoms with Gasteiger partial charge in [-0.25, -0.2) is 8.42 Å². The van der Waals surface area contributed by atoms with Crippen LogP contribution in [0.2, 0.25) is 0 Å². The van der Waals surface area contributed by atoms with E-state index in [1.165, 1.54) is 0 Å². The van der Waals surface area contributed by atoms with E-state index in [1.54, 1.807) is 0 Å². The summed E-state index contributed by atoms with van der Waals surface area (Å²) in [6, 6.07) is 0. The molecule has 11 heavy (non-hydrogen) atoms. The molecule has 0 amide bonds. The number of sulfone groups is 1. The average molecular weight is 180 g/mol. The van der Waals surface area contributed by atoms with Crippen LogP contribution in [0.3, 0.4) is 0 Å². The lowest BCUT2D eigenvalue weighted by Crippen LogP contribution is -2.26. The minimum absolute atomic E-state index is 0.0981. The summed E-state index contributed by atoms with van der Waals surface area (Å²) >= 11 is 0. The molecule has 5 heteroatoms. The number of nitrogens with zero attached hydrogens (tertiary/aromatic N) is 1. The summed E-state index contributed by atoms with van der Waals surface area (Å²) in [5.74, 6) is 0.304. The molecule has 0 saturated heterocycles. The number of hydrogen-bond donors (Lipinski definition) is 1. The van der Waals surface area contributed by atoms with Crippen LogP contribution < -0.4 is 5.73 Å². The molecule has 0 aromatic carbocycles. The Balaban J connectivity index is 3.74. The quantitative estimate of drug-likeness (QED) is 0.584. The molecule has 0 rings (SSSR count). The van der Waals surface area contributed by atoms with Gasteiger partial charge in [0.25, 0.3) is 0 Å². The van der Waals surface area contributed by atoms with Crippen molar-refractivity contribution >= 4 is 9.84 Å². The van der Waals surface area contributed by atoms with E-state index in [-0.39, 0.29) is 18.1 Å². The van der Waals surface area contributed by atoms with Gasteiger partial charge in [0.05, 0.1) is 11.5 Å². The summed E-state index contributed by atoms with van der Waals surface area (Å²) in [5.41, 5.74) is 5.13. The van der Waals surface area contributed by atoms with Crippen molar-refractivity contribution in [1.82, 2.24) is 4.90 Å². The van der Waals surface area contributed by atoms with E-state index in [1.807, 2.05) is 19.0 Å². The predicted molar refractivity (Wildman–Crippen MR) is 46.3 cm³/mol. The third-order valence-corrected chi connectivity index (χ3v) is 2.94. The Labute approximate surface area is 68.3 Å². The zero-order valence-corrected chi connectivity index (χ0v) is 7.89. The lowest BCUT2D eigenvalue weighted by Gasteiger charge is -2.08. The van der Waals surface area contributed by atoms with Crippen LogP contribution in [-0.4, -0.2) is 52.0 Å². The molecule has 0 bridgehead atoms. The summed E-state index contributed by atoms with van der Waals surface area (Å²) in [4.78, 5) is 1.84. The van der Waals surface area contributed by atoms with Gasteiger partial charge >= 0.3 is 0 Å². The van der Waals surface area contributed by atoms with Crippen LogP contribution in [-0.2, 0) is 9.84 Å². The van der Waals surface area contributed by atoms with E-state index < -0.39 is 9.84 Å². The van der Waals surface area contributed by atoms with Gasteiger partial charge in [-0.2, -0.15) is 0 Å². The fraction of sp³-hybridized carbons (Fsp3) is 1.00. The van der Waals surface area contributed by atoms with Gasteiger partial charge in [-0.1, -0.05) is 0 Å². The third kappa shape index (κ3) is 6.28. The molecular formula is C6H16N2O2S. The van der Waals surface area contributed by atoms with Crippen molar-refractivity contribution in [2.75, 3.05) is 38.7 Å². The van der Waals surface area contributed by atoms with Crippen molar-refractivity contribution in [2.24, 2.45) is 5.73 Å². The molecule has 0 aromatic heterocycles. The normalized spacial score (nSPS) is 12.4. The number of rotatable bonds is 5. The molecule has 0 aliphatic heterocycles. The zero-order valence-electron chi connectivity index (χ0n) is 7.08. The summed E-state index contributed by atoms with van der Waals surface area (Å²) < 4.78 is 22.1. The van der Waals surface area contributed by atoms with Gasteiger partial charge < -0.3 is 10.6 Å². The van der Waals surface area contributed by atoms with E-state index in [0.29, 0.717) is 6.54 Å². The van der Waals surface area contributed by atoms with Crippen LogP contribution in [0, 0.1) is 0 Å². The first-order valence-electron chi connectivity index (χ1n) is 3.53. The van der Waals surface area contributed by atoms with Crippen molar-refractivity contribution in [2.45, 2.75) is 0 Å². The Hall–Kier alpha value is -0.130. The van der Waals surface area contributed by atoms with Crippen LogP contribution >= 0.6 is 0 Å². The first-order valence-corrected chi connectivity index (χ1v) is 5.35. The molecule has 0 aliphatic carbocycles. The van der Waals surface area contributed by atoms with Crippen molar-refractivity contribution < 1.29 is 8.42 Å². The van der Waals surface area contributed by atoms with Crippen LogP contribution in [0.4, 0.5) is 0 Å². The Morgan fingerprint density at radius 2 is 1.82 bits per heavy atom. The summed E-state index contributed by atoms with van der Waals surface area (Å²) in [6.07, 6.45) is 0. The highest BCUT2D eigenvalue weighted by atomic mass is 32.2. The van der Waals surface area contributed by atoms with E-state index in [9.17, 15) is 8.42 Å². The summed E-state index contributed by atoms with van der Waals surface area (Å²) in [6.45, 7) is 0.790. The highest BCUT2D eigenvalue weighted by Gasteiger charge is 2.08. The molecule has 68 valence electrons. The summed E-state index contributed by atoms with van der Waals surface area (Å²) in [7, 11) is 0.797. The molecule has 0 unspecified atom stereocenters. The highest BCUT2D eigenvalue weighted by molar-refractivity contribution is 7.91. The van der Waals surface area contributed by atoms with E-state index >= 15 is 0 Å². The van der Waals surface area contributed by atoms with Crippen LogP contribution in [0.5, 0.6) is 0 Å². The van der Waals surface area contributed by atoms with E-state index in [0.717, 1.165) is 0 Å². The Morgan fingerprint density at radius 3 is 2.18 bits per heavy atom. The first kappa shape index (κ1) is 10.9. The summed E-state index contributed by atoms with van der Waals surface area (Å²) in [5, 5.41) is 0. The monoisotopic (exact) mass is 180 g/mol. The number of hydrogen-bond acceptors (Lipinski definition) is 4. The predicted octanol–water partition coefficient (Wildman–Crippen LogP) is -1.08. The fourth-order valence-electron chi connectivity index (χ4n) is 0.603. The maximum Gasteiger partial charge on any atom is 0.152 e. The topological polar surface area (TPSA) is 63.4 Å². The average Bonchev–Trinajstić information content (AvgIpc) is 1.84. The SMILES string of the molecule is CN(C)CCS(=O)(=O)CCN. The minimum Gasteiger partial charge on any atom is -0.329 e. The van der Waals surface area contributed by atoms with Crippen molar-refractivity contribution in [3.8, 4) is 0 Å². The van der Waals surface area contributed by atoms with Gasteiger partial charge in [-0.05, 0) is 14.1 Å². The van der Waals surface area contributed by atoms with E-state index in [4.69, 9.17) is 5.73 Å². The van der Waals surface area contributed by atoms with Crippen LogP contribution in [0.25, 0.3) is 0 Å². The molecule has 0 aromatic rings. The van der Waals surface area contributed by atoms with Gasteiger partial charge in [0.2, 0.25) is 0 Å². The Morgan fingerprint density at radius 1 is 1.27 bits per heavy atom. The van der Waals surface area contributed by atoms with Gasteiger partial charge in [0.1, 0.15) is 0 Å². The highest BCUT2D eigenvalue weighted by Crippen LogP contribution is 1.89. The van der Waals surface area contributed by atoms with Gasteiger partial charge in [0, 0.05) is 13.1 Å². The Kier molecular flexibility index (Phi) is 4.63. The molecule has 0 fully saturated rings. The molecule has 0 heterocycles. The second-order valence-corrected chi connectivity index (χ2v) is 5.05. The van der Waals surface area contributed by atoms with E-state index in [2.05, 4.69) is 0 Å². The molecule has 0 saturated carbocycles. The maximum atomic E-state index is 11.0. The van der Waals surface area contributed by atoms with Gasteiger partial charge in [-0.3, -0.25) is 0 Å². The van der Waals surface area contributed by atoms with Crippen molar-refractivity contribution in [3.05, 3.63) is 0 Å². The first-order chi connectivity index (χ1) is 4.98. The lowest BCUT2D eigenvalue weighted by molar-refractivity contribution is 0.432. The smallest absolute Gasteiger partial charge is 0.152 e. The second-order valence-electron chi connectivity index (χ2n) is 2.74. The molecule has 0 radical (unpaired) electrons. The van der Waals surface area contributed by atoms with Gasteiger partial charge in [0.15, 0.2) is 9.84 Å². The van der Waals surface area contributed by atoms with Crippen molar-refractivity contribution in [1.29, 1.82) is 0 Å². The maximum absolute atomic E-state index is 11.0. The molecule has 2 N–H and O–H groups in total. The van der Waals surface area contributed by atoms with Crippen LogP contribution in [0.15, 0.2) is 0 Å². The second kappa shape index (κ2) is 4.69. The largest absolute Gasteiger partial charge is 0.329 e. The molecule has 0 spiro atoms. The standard InChI is InChI=1S/C6H16N2O2S/c1-8(2)4-6-11(9,10)5-3-7/h3-7H2,1-2H3. The molecule has 0 aliphatic rings. The molecular weight excluding hydrogens is 164 g/mol.